The van der Waals surface area contributed by atoms with Crippen molar-refractivity contribution in [2.45, 2.75) is 271 Å². The quantitative estimate of drug-likeness (QED) is 0.0261. The van der Waals surface area contributed by atoms with Crippen LogP contribution < -0.4 is 0 Å². The fourth-order valence-electron chi connectivity index (χ4n) is 7.97. The van der Waals surface area contributed by atoms with Crippen LogP contribution >= 0.6 is 0 Å². The Balaban J connectivity index is 4.43. The lowest BCUT2D eigenvalue weighted by Crippen LogP contribution is -2.30. The molecule has 0 aromatic carbocycles. The van der Waals surface area contributed by atoms with Crippen LogP contribution in [-0.4, -0.2) is 37.2 Å². The van der Waals surface area contributed by atoms with Gasteiger partial charge in [-0.05, 0) is 116 Å². The van der Waals surface area contributed by atoms with E-state index in [-0.39, 0.29) is 31.6 Å². The fourth-order valence-corrected chi connectivity index (χ4v) is 7.97. The highest BCUT2D eigenvalue weighted by Gasteiger charge is 2.19. The van der Waals surface area contributed by atoms with Gasteiger partial charge in [-0.1, -0.05) is 251 Å². The summed E-state index contributed by atoms with van der Waals surface area (Å²) in [7, 11) is 0. The Morgan fingerprint density at radius 1 is 0.301 bits per heavy atom. The number of allylic oxidation sites excluding steroid dienone is 19. The number of unbranched alkanes of at least 4 members (excludes halogenated alkanes) is 23. The van der Waals surface area contributed by atoms with Crippen molar-refractivity contribution < 1.29 is 28.6 Å². The molecule has 414 valence electrons. The third-order valence-electron chi connectivity index (χ3n) is 12.5. The second-order valence-electron chi connectivity index (χ2n) is 19.5. The van der Waals surface area contributed by atoms with Crippen LogP contribution in [0.1, 0.15) is 265 Å². The van der Waals surface area contributed by atoms with Crippen LogP contribution in [-0.2, 0) is 28.6 Å². The van der Waals surface area contributed by atoms with E-state index in [1.807, 2.05) is 6.08 Å². The molecule has 0 fully saturated rings. The van der Waals surface area contributed by atoms with Gasteiger partial charge in [-0.3, -0.25) is 14.4 Å². The Bertz CT molecular complexity index is 1540. The molecule has 0 aliphatic carbocycles. The summed E-state index contributed by atoms with van der Waals surface area (Å²) < 4.78 is 16.7. The molecule has 0 aromatic heterocycles. The van der Waals surface area contributed by atoms with E-state index in [0.29, 0.717) is 19.3 Å². The van der Waals surface area contributed by atoms with Crippen LogP contribution in [0.3, 0.4) is 0 Å². The highest BCUT2D eigenvalue weighted by atomic mass is 16.6. The van der Waals surface area contributed by atoms with Gasteiger partial charge in [-0.15, -0.1) is 0 Å². The summed E-state index contributed by atoms with van der Waals surface area (Å²) >= 11 is 0. The maximum absolute atomic E-state index is 12.8. The predicted molar refractivity (Wildman–Crippen MR) is 316 cm³/mol. The Kier molecular flexibility index (Phi) is 56.9. The average molecular weight is 1010 g/mol. The van der Waals surface area contributed by atoms with Gasteiger partial charge < -0.3 is 14.2 Å². The maximum atomic E-state index is 12.8. The fraction of sp³-hybridized carbons (Fsp3) is 0.657. The van der Waals surface area contributed by atoms with Crippen molar-refractivity contribution >= 4 is 17.9 Å². The molecule has 0 rings (SSSR count). The van der Waals surface area contributed by atoms with Gasteiger partial charge in [-0.2, -0.15) is 0 Å². The van der Waals surface area contributed by atoms with Gasteiger partial charge in [-0.25, -0.2) is 0 Å². The highest BCUT2D eigenvalue weighted by Crippen LogP contribution is 2.14. The molecule has 6 heteroatoms. The van der Waals surface area contributed by atoms with E-state index in [1.54, 1.807) is 6.08 Å². The van der Waals surface area contributed by atoms with Crippen LogP contribution in [0.2, 0.25) is 0 Å². The monoisotopic (exact) mass is 1010 g/mol. The van der Waals surface area contributed by atoms with Crippen molar-refractivity contribution in [2.24, 2.45) is 0 Å². The molecular formula is C67H110O6. The van der Waals surface area contributed by atoms with Gasteiger partial charge in [0.05, 0.1) is 6.42 Å². The minimum Gasteiger partial charge on any atom is -0.462 e. The van der Waals surface area contributed by atoms with Crippen molar-refractivity contribution in [1.29, 1.82) is 0 Å². The minimum atomic E-state index is -0.844. The molecule has 0 saturated carbocycles. The van der Waals surface area contributed by atoms with E-state index in [1.165, 1.54) is 116 Å². The second kappa shape index (κ2) is 60.4. The number of carbonyl (C=O) groups excluding carboxylic acids is 3. The van der Waals surface area contributed by atoms with E-state index in [0.717, 1.165) is 103 Å². The lowest BCUT2D eigenvalue weighted by molar-refractivity contribution is -0.166. The molecule has 0 saturated heterocycles. The number of ether oxygens (including phenoxy) is 3. The van der Waals surface area contributed by atoms with Crippen LogP contribution in [0.4, 0.5) is 0 Å². The Morgan fingerprint density at radius 2 is 0.575 bits per heavy atom. The molecule has 6 nitrogen and oxygen atoms in total. The smallest absolute Gasteiger partial charge is 0.310 e. The topological polar surface area (TPSA) is 78.9 Å². The Morgan fingerprint density at radius 3 is 0.932 bits per heavy atom. The summed E-state index contributed by atoms with van der Waals surface area (Å²) in [5.41, 5.74) is 0. The molecular weight excluding hydrogens is 901 g/mol. The van der Waals surface area contributed by atoms with Crippen molar-refractivity contribution in [1.82, 2.24) is 0 Å². The maximum Gasteiger partial charge on any atom is 0.310 e. The number of hydrogen-bond acceptors (Lipinski definition) is 6. The largest absolute Gasteiger partial charge is 0.462 e. The lowest BCUT2D eigenvalue weighted by atomic mass is 10.1. The number of rotatable bonds is 53. The van der Waals surface area contributed by atoms with Gasteiger partial charge in [0.25, 0.3) is 0 Å². The Labute approximate surface area is 450 Å². The number of esters is 3. The summed E-state index contributed by atoms with van der Waals surface area (Å²) in [6, 6.07) is 0. The molecule has 0 amide bonds. The molecule has 0 heterocycles. The van der Waals surface area contributed by atoms with Crippen LogP contribution in [0, 0.1) is 0 Å². The van der Waals surface area contributed by atoms with Gasteiger partial charge in [0, 0.05) is 12.8 Å². The molecule has 0 aliphatic heterocycles. The van der Waals surface area contributed by atoms with E-state index < -0.39 is 12.1 Å². The normalized spacial score (nSPS) is 13.0. The first kappa shape index (κ1) is 68.8. The first-order valence-electron chi connectivity index (χ1n) is 30.0. The first-order valence-corrected chi connectivity index (χ1v) is 30.0. The summed E-state index contributed by atoms with van der Waals surface area (Å²) in [6.45, 7) is 6.39. The summed E-state index contributed by atoms with van der Waals surface area (Å²) in [6.07, 6.45) is 83.6. The Hall–Kier alpha value is -4.19. The highest BCUT2D eigenvalue weighted by molar-refractivity contribution is 5.72. The van der Waals surface area contributed by atoms with Gasteiger partial charge >= 0.3 is 17.9 Å². The molecule has 1 unspecified atom stereocenters. The van der Waals surface area contributed by atoms with Crippen molar-refractivity contribution in [3.05, 3.63) is 122 Å². The number of carbonyl (C=O) groups is 3. The van der Waals surface area contributed by atoms with Crippen LogP contribution in [0.15, 0.2) is 122 Å². The van der Waals surface area contributed by atoms with Crippen molar-refractivity contribution in [3.8, 4) is 0 Å². The van der Waals surface area contributed by atoms with Gasteiger partial charge in [0.15, 0.2) is 6.10 Å². The predicted octanol–water partition coefficient (Wildman–Crippen LogP) is 20.4. The molecule has 0 radical (unpaired) electrons. The molecule has 0 N–H and O–H groups in total. The van der Waals surface area contributed by atoms with Crippen molar-refractivity contribution in [3.63, 3.8) is 0 Å². The molecule has 0 aliphatic rings. The minimum absolute atomic E-state index is 0.0891. The zero-order chi connectivity index (χ0) is 52.9. The molecule has 73 heavy (non-hydrogen) atoms. The summed E-state index contributed by atoms with van der Waals surface area (Å²) in [5.74, 6) is -1.07. The van der Waals surface area contributed by atoms with Gasteiger partial charge in [0.2, 0.25) is 0 Å². The second-order valence-corrected chi connectivity index (χ2v) is 19.5. The van der Waals surface area contributed by atoms with Gasteiger partial charge in [0.1, 0.15) is 13.2 Å². The summed E-state index contributed by atoms with van der Waals surface area (Å²) in [4.78, 5) is 38.1. The van der Waals surface area contributed by atoms with E-state index >= 15 is 0 Å². The molecule has 1 atom stereocenters. The van der Waals surface area contributed by atoms with E-state index in [9.17, 15) is 14.4 Å². The summed E-state index contributed by atoms with van der Waals surface area (Å²) in [5, 5.41) is 0. The molecule has 0 aromatic rings. The van der Waals surface area contributed by atoms with Crippen LogP contribution in [0.25, 0.3) is 0 Å². The lowest BCUT2D eigenvalue weighted by Gasteiger charge is -2.18. The van der Waals surface area contributed by atoms with Crippen molar-refractivity contribution in [2.75, 3.05) is 13.2 Å². The molecule has 0 bridgehead atoms. The zero-order valence-electron chi connectivity index (χ0n) is 47.4. The third kappa shape index (κ3) is 58.6. The number of hydrogen-bond donors (Lipinski definition) is 0. The third-order valence-corrected chi connectivity index (χ3v) is 12.5. The SMILES string of the molecule is CC/C=C\C/C=C\C/C=C\C/C=C\C/C=C\CC(=O)OC(COC(=O)CCCCCCC/C=C\C/C=C\CCCCC)COC(=O)CCCCCCCCCCCC/C=C\C/C=C\C/C=C\CCCCCCC. The zero-order valence-corrected chi connectivity index (χ0v) is 47.4. The first-order chi connectivity index (χ1) is 36.0. The van der Waals surface area contributed by atoms with E-state index in [4.69, 9.17) is 14.2 Å². The molecule has 0 spiro atoms. The van der Waals surface area contributed by atoms with E-state index in [2.05, 4.69) is 130 Å². The van der Waals surface area contributed by atoms with Crippen LogP contribution in [0.5, 0.6) is 0 Å². The average Bonchev–Trinajstić information content (AvgIpc) is 3.39. The standard InChI is InChI=1S/C67H110O6/c1-4-7-10-13-16-19-22-25-28-29-30-31-32-33-34-35-36-37-40-42-45-48-51-54-57-60-66(69)72-63-64(73-67(70)61-58-55-52-49-46-43-39-27-24-21-18-15-12-9-6-3)62-71-65(68)59-56-53-50-47-44-41-38-26-23-20-17-14-11-8-5-2/h9,12,17-18,20-22,25-27,29-30,32-33,38-39,46,49,55,58,64H,4-8,10-11,13-16,19,23-24,28,31,34-37,40-45,47-48,50-54,56-57,59-63H2,1-3H3/b12-9-,20-17-,21-18-,25-22-,30-29-,33-32-,38-26-,39-27-,49-46-,58-55-.